The zero-order valence-electron chi connectivity index (χ0n) is 38.3. The maximum Gasteiger partial charge on any atom is 0.0979 e. The zero-order chi connectivity index (χ0) is 43.9. The van der Waals surface area contributed by atoms with Gasteiger partial charge in [0.15, 0.2) is 0 Å². The summed E-state index contributed by atoms with van der Waals surface area (Å²) in [6.07, 6.45) is 0. The Kier molecular flexibility index (Phi) is 11.4. The lowest BCUT2D eigenvalue weighted by molar-refractivity contribution is 0.835. The first-order chi connectivity index (χ1) is 30.4. The Morgan fingerprint density at radius 3 is 0.984 bits per heavy atom. The largest absolute Gasteiger partial charge is 0.245 e. The first-order valence-electron chi connectivity index (χ1n) is 22.7. The maximum atomic E-state index is 6.17. The Bertz CT molecular complexity index is 2780. The fraction of sp³-hybridized carbons (Fsp3) is 0.213. The predicted molar refractivity (Wildman–Crippen MR) is 269 cm³/mol. The lowest BCUT2D eigenvalue weighted by Gasteiger charge is -2.27. The number of hydrogen-bond donors (Lipinski definition) is 0. The molecule has 0 amide bonds. The van der Waals surface area contributed by atoms with Crippen LogP contribution < -0.4 is 0 Å². The Hall–Kier alpha value is -6.64. The molecule has 0 fully saturated rings. The molecule has 63 heavy (non-hydrogen) atoms. The van der Waals surface area contributed by atoms with E-state index in [0.717, 1.165) is 33.9 Å². The minimum atomic E-state index is -0.0879. The maximum absolute atomic E-state index is 6.17. The summed E-state index contributed by atoms with van der Waals surface area (Å²) in [5.41, 5.74) is 22.2. The van der Waals surface area contributed by atoms with E-state index in [9.17, 15) is 0 Å². The molecule has 1 aliphatic rings. The third-order valence-electron chi connectivity index (χ3n) is 13.0. The molecule has 0 spiro atoms. The van der Waals surface area contributed by atoms with Gasteiger partial charge >= 0.3 is 0 Å². The first-order valence-corrected chi connectivity index (χ1v) is 22.7. The highest BCUT2D eigenvalue weighted by atomic mass is 14.9. The summed E-state index contributed by atoms with van der Waals surface area (Å²) < 4.78 is 0. The van der Waals surface area contributed by atoms with Gasteiger partial charge < -0.3 is 0 Å². The SMILES string of the molecule is Cc1ccc(C(c2ccc(C)cc2)c2cc(C)cc(C(c3ccc(C)cc3)c3ccc(C)cc3)c2N=C2C(=Nc3c(C(C)C)cccc3C(C)C)c3cccc4cccc2c34)cc1. The summed E-state index contributed by atoms with van der Waals surface area (Å²) in [5.74, 6) is 0.422. The lowest BCUT2D eigenvalue weighted by atomic mass is 9.78. The van der Waals surface area contributed by atoms with E-state index in [1.165, 1.54) is 83.1 Å². The third-order valence-corrected chi connectivity index (χ3v) is 13.0. The molecule has 0 aliphatic heterocycles. The summed E-state index contributed by atoms with van der Waals surface area (Å²) in [5, 5.41) is 2.41. The van der Waals surface area contributed by atoms with Crippen LogP contribution in [-0.4, -0.2) is 11.4 Å². The smallest absolute Gasteiger partial charge is 0.0979 e. The highest BCUT2D eigenvalue weighted by Gasteiger charge is 2.32. The van der Waals surface area contributed by atoms with Gasteiger partial charge in [-0.2, -0.15) is 0 Å². The van der Waals surface area contributed by atoms with Crippen LogP contribution in [0.15, 0.2) is 174 Å². The average Bonchev–Trinajstić information content (AvgIpc) is 3.57. The highest BCUT2D eigenvalue weighted by Crippen LogP contribution is 2.47. The van der Waals surface area contributed by atoms with Gasteiger partial charge in [-0.3, -0.25) is 0 Å². The van der Waals surface area contributed by atoms with Crippen molar-refractivity contribution < 1.29 is 0 Å². The van der Waals surface area contributed by atoms with E-state index < -0.39 is 0 Å². The van der Waals surface area contributed by atoms with Crippen LogP contribution >= 0.6 is 0 Å². The number of rotatable bonds is 10. The van der Waals surface area contributed by atoms with Crippen molar-refractivity contribution in [2.24, 2.45) is 9.98 Å². The molecular weight excluding hydrogens is 761 g/mol. The van der Waals surface area contributed by atoms with E-state index in [2.05, 4.69) is 226 Å². The van der Waals surface area contributed by atoms with Gasteiger partial charge in [0.05, 0.1) is 22.8 Å². The third kappa shape index (κ3) is 8.12. The van der Waals surface area contributed by atoms with Crippen LogP contribution in [0.3, 0.4) is 0 Å². The van der Waals surface area contributed by atoms with Gasteiger partial charge in [0.1, 0.15) is 0 Å². The lowest BCUT2D eigenvalue weighted by Crippen LogP contribution is -2.14. The molecule has 8 aromatic carbocycles. The summed E-state index contributed by atoms with van der Waals surface area (Å²) >= 11 is 0. The van der Waals surface area contributed by atoms with Gasteiger partial charge in [-0.1, -0.05) is 219 Å². The molecule has 312 valence electrons. The molecule has 9 rings (SSSR count). The standard InChI is InChI=1S/C61H58N2/c1-37(2)49-15-12-16-50(38(3)4)58(49)62-60-51-17-10-13-44-14-11-18-52(57(44)51)61(60)63-59-53(55(45-27-19-39(5)20-28-45)46-29-21-40(6)22-30-46)35-43(9)36-54(59)56(47-31-23-41(7)24-32-47)48-33-25-42(8)26-34-48/h10-38,55-56H,1-9H3. The molecule has 1 aliphatic carbocycles. The second kappa shape index (κ2) is 17.3. The number of nitrogens with zero attached hydrogens (tertiary/aromatic N) is 2. The summed E-state index contributed by atoms with van der Waals surface area (Å²) in [6.45, 7) is 20.0. The summed E-state index contributed by atoms with van der Waals surface area (Å²) in [7, 11) is 0. The van der Waals surface area contributed by atoms with Crippen molar-refractivity contribution in [3.05, 3.63) is 247 Å². The van der Waals surface area contributed by atoms with E-state index in [-0.39, 0.29) is 11.8 Å². The second-order valence-electron chi connectivity index (χ2n) is 18.5. The Morgan fingerprint density at radius 1 is 0.333 bits per heavy atom. The number of para-hydroxylation sites is 1. The highest BCUT2D eigenvalue weighted by molar-refractivity contribution is 6.61. The predicted octanol–water partition coefficient (Wildman–Crippen LogP) is 16.2. The van der Waals surface area contributed by atoms with Gasteiger partial charge in [-0.15, -0.1) is 0 Å². The monoisotopic (exact) mass is 818 g/mol. The van der Waals surface area contributed by atoms with Crippen LogP contribution in [0.5, 0.6) is 0 Å². The molecule has 2 heteroatoms. The fourth-order valence-electron chi connectivity index (χ4n) is 9.63. The number of aliphatic imine (C=N–C) groups is 2. The molecule has 0 saturated carbocycles. The average molecular weight is 819 g/mol. The van der Waals surface area contributed by atoms with E-state index in [1.54, 1.807) is 0 Å². The van der Waals surface area contributed by atoms with Crippen molar-refractivity contribution in [3.8, 4) is 0 Å². The molecule has 0 N–H and O–H groups in total. The summed E-state index contributed by atoms with van der Waals surface area (Å²) in [6, 6.07) is 61.3. The molecule has 0 bridgehead atoms. The van der Waals surface area contributed by atoms with Crippen molar-refractivity contribution in [1.82, 2.24) is 0 Å². The van der Waals surface area contributed by atoms with Gasteiger partial charge in [0, 0.05) is 28.3 Å². The second-order valence-corrected chi connectivity index (χ2v) is 18.5. The van der Waals surface area contributed by atoms with Crippen LogP contribution in [-0.2, 0) is 0 Å². The van der Waals surface area contributed by atoms with Gasteiger partial charge in [-0.05, 0) is 96.3 Å². The number of hydrogen-bond acceptors (Lipinski definition) is 2. The molecule has 2 nitrogen and oxygen atoms in total. The minimum absolute atomic E-state index is 0.0879. The Labute approximate surface area is 375 Å². The quantitative estimate of drug-likeness (QED) is 0.123. The van der Waals surface area contributed by atoms with Crippen LogP contribution in [0, 0.1) is 34.6 Å². The first kappa shape index (κ1) is 41.7. The van der Waals surface area contributed by atoms with E-state index in [1.807, 2.05) is 0 Å². The van der Waals surface area contributed by atoms with E-state index in [4.69, 9.17) is 9.98 Å². The van der Waals surface area contributed by atoms with Crippen LogP contribution in [0.4, 0.5) is 11.4 Å². The fourth-order valence-corrected chi connectivity index (χ4v) is 9.63. The molecule has 8 aromatic rings. The molecule has 0 saturated heterocycles. The number of aryl methyl sites for hydroxylation is 5. The van der Waals surface area contributed by atoms with Crippen LogP contribution in [0.25, 0.3) is 10.8 Å². The summed E-state index contributed by atoms with van der Waals surface area (Å²) in [4.78, 5) is 12.0. The van der Waals surface area contributed by atoms with Crippen LogP contribution in [0.2, 0.25) is 0 Å². The molecule has 0 unspecified atom stereocenters. The Balaban J connectivity index is 1.43. The normalized spacial score (nSPS) is 13.8. The van der Waals surface area contributed by atoms with Crippen molar-refractivity contribution in [3.63, 3.8) is 0 Å². The molecule has 0 aromatic heterocycles. The number of benzene rings is 8. The zero-order valence-corrected chi connectivity index (χ0v) is 38.3. The Morgan fingerprint density at radius 2 is 0.651 bits per heavy atom. The van der Waals surface area contributed by atoms with Crippen molar-refractivity contribution >= 4 is 33.6 Å². The molecular formula is C61H58N2. The van der Waals surface area contributed by atoms with Gasteiger partial charge in [0.25, 0.3) is 0 Å². The van der Waals surface area contributed by atoms with Gasteiger partial charge in [0.2, 0.25) is 0 Å². The molecule has 0 heterocycles. The topological polar surface area (TPSA) is 24.7 Å². The molecule has 0 radical (unpaired) electrons. The van der Waals surface area contributed by atoms with Crippen LogP contribution in [0.1, 0.15) is 135 Å². The van der Waals surface area contributed by atoms with Gasteiger partial charge in [-0.25, -0.2) is 9.98 Å². The molecule has 0 atom stereocenters. The van der Waals surface area contributed by atoms with E-state index >= 15 is 0 Å². The van der Waals surface area contributed by atoms with E-state index in [0.29, 0.717) is 11.8 Å². The van der Waals surface area contributed by atoms with Crippen molar-refractivity contribution in [1.29, 1.82) is 0 Å². The van der Waals surface area contributed by atoms with Crippen molar-refractivity contribution in [2.75, 3.05) is 0 Å². The van der Waals surface area contributed by atoms with Crippen molar-refractivity contribution in [2.45, 2.75) is 86.0 Å². The minimum Gasteiger partial charge on any atom is -0.245 e.